The van der Waals surface area contributed by atoms with Crippen LogP contribution in [0, 0.1) is 10.8 Å². The molecule has 0 aromatic rings. The number of hydrogen-bond donors (Lipinski definition) is 0. The van der Waals surface area contributed by atoms with E-state index in [0.29, 0.717) is 10.8 Å². The summed E-state index contributed by atoms with van der Waals surface area (Å²) in [5, 5.41) is 0. The van der Waals surface area contributed by atoms with Crippen molar-refractivity contribution in [2.45, 2.75) is 66.4 Å². The summed E-state index contributed by atoms with van der Waals surface area (Å²) in [4.78, 5) is 0. The zero-order chi connectivity index (χ0) is 11.0. The van der Waals surface area contributed by atoms with Gasteiger partial charge in [-0.25, -0.2) is 0 Å². The van der Waals surface area contributed by atoms with Gasteiger partial charge in [0.05, 0.1) is 12.2 Å². The zero-order valence-corrected chi connectivity index (χ0v) is 10.7. The SMILES string of the molecule is CC(C)(C)COC1(CC(C)(C)C)CC1. The molecule has 0 amide bonds. The van der Waals surface area contributed by atoms with Crippen LogP contribution in [-0.4, -0.2) is 12.2 Å². The number of ether oxygens (including phenoxy) is 1. The highest BCUT2D eigenvalue weighted by molar-refractivity contribution is 4.98. The Hall–Kier alpha value is -0.0400. The van der Waals surface area contributed by atoms with Crippen LogP contribution in [0.5, 0.6) is 0 Å². The molecule has 1 saturated carbocycles. The molecule has 84 valence electrons. The molecule has 0 spiro atoms. The van der Waals surface area contributed by atoms with Gasteiger partial charge in [0.1, 0.15) is 0 Å². The summed E-state index contributed by atoms with van der Waals surface area (Å²) < 4.78 is 6.08. The molecular weight excluding hydrogens is 172 g/mol. The molecule has 0 atom stereocenters. The second-order valence-electron chi connectivity index (χ2n) is 7.27. The molecule has 1 aliphatic carbocycles. The Labute approximate surface area is 89.2 Å². The molecule has 0 unspecified atom stereocenters. The average Bonchev–Trinajstić information content (AvgIpc) is 2.60. The molecule has 1 rings (SSSR count). The summed E-state index contributed by atoms with van der Waals surface area (Å²) in [5.74, 6) is 0. The van der Waals surface area contributed by atoms with Crippen LogP contribution in [0.1, 0.15) is 60.8 Å². The summed E-state index contributed by atoms with van der Waals surface area (Å²) in [7, 11) is 0. The van der Waals surface area contributed by atoms with Crippen LogP contribution < -0.4 is 0 Å². The number of rotatable bonds is 3. The molecule has 0 radical (unpaired) electrons. The van der Waals surface area contributed by atoms with Gasteiger partial charge in [0.15, 0.2) is 0 Å². The summed E-state index contributed by atoms with van der Waals surface area (Å²) >= 11 is 0. The van der Waals surface area contributed by atoms with Gasteiger partial charge in [-0.15, -0.1) is 0 Å². The van der Waals surface area contributed by atoms with E-state index in [1.54, 1.807) is 0 Å². The molecule has 1 fully saturated rings. The minimum atomic E-state index is 0.242. The van der Waals surface area contributed by atoms with Crippen LogP contribution in [0.4, 0.5) is 0 Å². The predicted octanol–water partition coefficient (Wildman–Crippen LogP) is 4.02. The second kappa shape index (κ2) is 3.52. The van der Waals surface area contributed by atoms with Crippen molar-refractivity contribution in [3.05, 3.63) is 0 Å². The van der Waals surface area contributed by atoms with E-state index in [1.165, 1.54) is 19.3 Å². The molecule has 0 saturated heterocycles. The van der Waals surface area contributed by atoms with E-state index in [1.807, 2.05) is 0 Å². The molecule has 14 heavy (non-hydrogen) atoms. The smallest absolute Gasteiger partial charge is 0.0690 e. The lowest BCUT2D eigenvalue weighted by atomic mass is 9.88. The van der Waals surface area contributed by atoms with Gasteiger partial charge in [-0.1, -0.05) is 41.5 Å². The standard InChI is InChI=1S/C13H26O/c1-11(2,3)9-13(7-8-13)14-10-12(4,5)6/h7-10H2,1-6H3. The Bertz CT molecular complexity index is 188. The Kier molecular flexibility index (Phi) is 3.02. The van der Waals surface area contributed by atoms with Crippen LogP contribution in [0.15, 0.2) is 0 Å². The van der Waals surface area contributed by atoms with Gasteiger partial charge < -0.3 is 4.74 Å². The van der Waals surface area contributed by atoms with Crippen molar-refractivity contribution in [1.82, 2.24) is 0 Å². The Balaban J connectivity index is 2.37. The summed E-state index contributed by atoms with van der Waals surface area (Å²) in [6.45, 7) is 14.5. The highest BCUT2D eigenvalue weighted by atomic mass is 16.5. The summed E-state index contributed by atoms with van der Waals surface area (Å²) in [6.07, 6.45) is 3.73. The minimum Gasteiger partial charge on any atom is -0.374 e. The Morgan fingerprint density at radius 1 is 0.929 bits per heavy atom. The average molecular weight is 198 g/mol. The highest BCUT2D eigenvalue weighted by Gasteiger charge is 2.46. The third-order valence-corrected chi connectivity index (χ3v) is 2.47. The molecule has 0 N–H and O–H groups in total. The highest BCUT2D eigenvalue weighted by Crippen LogP contribution is 2.48. The number of hydrogen-bond acceptors (Lipinski definition) is 1. The fourth-order valence-electron chi connectivity index (χ4n) is 1.85. The van der Waals surface area contributed by atoms with Gasteiger partial charge in [-0.3, -0.25) is 0 Å². The van der Waals surface area contributed by atoms with E-state index in [-0.39, 0.29) is 5.60 Å². The third-order valence-electron chi connectivity index (χ3n) is 2.47. The monoisotopic (exact) mass is 198 g/mol. The van der Waals surface area contributed by atoms with E-state index < -0.39 is 0 Å². The maximum atomic E-state index is 6.08. The van der Waals surface area contributed by atoms with Crippen molar-refractivity contribution in [1.29, 1.82) is 0 Å². The topological polar surface area (TPSA) is 9.23 Å². The second-order valence-corrected chi connectivity index (χ2v) is 7.27. The molecule has 1 aliphatic rings. The van der Waals surface area contributed by atoms with Crippen molar-refractivity contribution < 1.29 is 4.74 Å². The summed E-state index contributed by atoms with van der Waals surface area (Å²) in [5.41, 5.74) is 0.938. The lowest BCUT2D eigenvalue weighted by Crippen LogP contribution is -2.27. The molecule has 0 bridgehead atoms. The van der Waals surface area contributed by atoms with E-state index in [0.717, 1.165) is 6.61 Å². The van der Waals surface area contributed by atoms with Gasteiger partial charge in [0.2, 0.25) is 0 Å². The van der Waals surface area contributed by atoms with Crippen molar-refractivity contribution in [3.63, 3.8) is 0 Å². The van der Waals surface area contributed by atoms with Crippen LogP contribution in [0.25, 0.3) is 0 Å². The van der Waals surface area contributed by atoms with E-state index >= 15 is 0 Å². The van der Waals surface area contributed by atoms with Crippen molar-refractivity contribution in [3.8, 4) is 0 Å². The first-order chi connectivity index (χ1) is 6.12. The van der Waals surface area contributed by atoms with Crippen LogP contribution in [0.2, 0.25) is 0 Å². The van der Waals surface area contributed by atoms with Gasteiger partial charge in [-0.2, -0.15) is 0 Å². The molecule has 1 nitrogen and oxygen atoms in total. The first-order valence-corrected chi connectivity index (χ1v) is 5.76. The maximum Gasteiger partial charge on any atom is 0.0690 e. The van der Waals surface area contributed by atoms with E-state index in [2.05, 4.69) is 41.5 Å². The molecular formula is C13H26O. The first kappa shape index (κ1) is 12.0. The van der Waals surface area contributed by atoms with Crippen LogP contribution in [0.3, 0.4) is 0 Å². The van der Waals surface area contributed by atoms with E-state index in [9.17, 15) is 0 Å². The fraction of sp³-hybridized carbons (Fsp3) is 1.00. The minimum absolute atomic E-state index is 0.242. The first-order valence-electron chi connectivity index (χ1n) is 5.76. The Morgan fingerprint density at radius 2 is 1.43 bits per heavy atom. The van der Waals surface area contributed by atoms with Crippen LogP contribution in [-0.2, 0) is 4.74 Å². The zero-order valence-electron chi connectivity index (χ0n) is 10.7. The van der Waals surface area contributed by atoms with Crippen molar-refractivity contribution in [2.75, 3.05) is 6.61 Å². The fourth-order valence-corrected chi connectivity index (χ4v) is 1.85. The largest absolute Gasteiger partial charge is 0.374 e. The van der Waals surface area contributed by atoms with Gasteiger partial charge >= 0.3 is 0 Å². The predicted molar refractivity (Wildman–Crippen MR) is 61.4 cm³/mol. The lowest BCUT2D eigenvalue weighted by Gasteiger charge is -2.29. The molecule has 0 heterocycles. The molecule has 0 aromatic heterocycles. The van der Waals surface area contributed by atoms with Gasteiger partial charge in [0.25, 0.3) is 0 Å². The quantitative estimate of drug-likeness (QED) is 0.665. The van der Waals surface area contributed by atoms with E-state index in [4.69, 9.17) is 4.74 Å². The normalized spacial score (nSPS) is 21.0. The Morgan fingerprint density at radius 3 is 1.71 bits per heavy atom. The molecule has 0 aliphatic heterocycles. The van der Waals surface area contributed by atoms with Crippen molar-refractivity contribution in [2.24, 2.45) is 10.8 Å². The molecule has 0 aromatic carbocycles. The van der Waals surface area contributed by atoms with Crippen LogP contribution >= 0.6 is 0 Å². The lowest BCUT2D eigenvalue weighted by molar-refractivity contribution is -0.0292. The van der Waals surface area contributed by atoms with Crippen molar-refractivity contribution >= 4 is 0 Å². The van der Waals surface area contributed by atoms with Gasteiger partial charge in [-0.05, 0) is 30.1 Å². The van der Waals surface area contributed by atoms with Gasteiger partial charge in [0, 0.05) is 0 Å². The maximum absolute atomic E-state index is 6.08. The molecule has 1 heteroatoms. The summed E-state index contributed by atoms with van der Waals surface area (Å²) in [6, 6.07) is 0. The third kappa shape index (κ3) is 4.45.